The zero-order valence-corrected chi connectivity index (χ0v) is 16.6. The Labute approximate surface area is 163 Å². The molecule has 3 aromatic rings. The van der Waals surface area contributed by atoms with E-state index < -0.39 is 0 Å². The van der Waals surface area contributed by atoms with Gasteiger partial charge in [0.2, 0.25) is 0 Å². The minimum absolute atomic E-state index is 0.266. The average molecular weight is 388 g/mol. The Morgan fingerprint density at radius 1 is 1.22 bits per heavy atom. The summed E-state index contributed by atoms with van der Waals surface area (Å²) < 4.78 is 12.4. The highest BCUT2D eigenvalue weighted by Gasteiger charge is 2.21. The highest BCUT2D eigenvalue weighted by atomic mass is 35.5. The number of anilines is 1. The number of hydrogen-bond donors (Lipinski definition) is 1. The number of imidazole rings is 1. The first kappa shape index (κ1) is 19.0. The molecule has 0 atom stereocenters. The van der Waals surface area contributed by atoms with Gasteiger partial charge in [-0.2, -0.15) is 0 Å². The van der Waals surface area contributed by atoms with E-state index in [4.69, 9.17) is 21.1 Å². The number of carbonyl (C=O) groups is 1. The number of nitrogens with one attached hydrogen (secondary N) is 1. The molecule has 0 radical (unpaired) electrons. The topological polar surface area (TPSA) is 64.9 Å². The van der Waals surface area contributed by atoms with Crippen LogP contribution in [-0.2, 0) is 6.42 Å². The van der Waals surface area contributed by atoms with E-state index in [2.05, 4.69) is 17.2 Å². The lowest BCUT2D eigenvalue weighted by atomic mass is 10.2. The molecule has 27 heavy (non-hydrogen) atoms. The number of benzene rings is 1. The molecular weight excluding hydrogens is 366 g/mol. The van der Waals surface area contributed by atoms with Crippen LogP contribution in [0, 0.1) is 6.92 Å². The van der Waals surface area contributed by atoms with Crippen molar-refractivity contribution in [1.82, 2.24) is 9.38 Å². The van der Waals surface area contributed by atoms with Gasteiger partial charge < -0.3 is 14.8 Å². The predicted octanol–water partition coefficient (Wildman–Crippen LogP) is 4.52. The summed E-state index contributed by atoms with van der Waals surface area (Å²) in [4.78, 5) is 17.8. The Bertz CT molecular complexity index is 998. The maximum absolute atomic E-state index is 13.1. The molecule has 1 amide bonds. The van der Waals surface area contributed by atoms with Gasteiger partial charge in [-0.05, 0) is 31.0 Å². The van der Waals surface area contributed by atoms with Crippen molar-refractivity contribution in [3.05, 3.63) is 52.4 Å². The minimum Gasteiger partial charge on any atom is -0.495 e. The first-order valence-electron chi connectivity index (χ1n) is 8.69. The number of hydrogen-bond acceptors (Lipinski definition) is 4. The van der Waals surface area contributed by atoms with Gasteiger partial charge in [0.15, 0.2) is 0 Å². The van der Waals surface area contributed by atoms with E-state index in [-0.39, 0.29) is 5.91 Å². The van der Waals surface area contributed by atoms with Gasteiger partial charge in [-0.25, -0.2) is 4.98 Å². The third kappa shape index (κ3) is 3.71. The van der Waals surface area contributed by atoms with E-state index >= 15 is 0 Å². The van der Waals surface area contributed by atoms with Crippen LogP contribution in [0.4, 0.5) is 5.69 Å². The molecule has 0 aliphatic rings. The van der Waals surface area contributed by atoms with Gasteiger partial charge in [0.1, 0.15) is 22.8 Å². The lowest BCUT2D eigenvalue weighted by Gasteiger charge is -2.13. The van der Waals surface area contributed by atoms with Crippen molar-refractivity contribution in [3.8, 4) is 11.5 Å². The van der Waals surface area contributed by atoms with Gasteiger partial charge in [0.05, 0.1) is 30.6 Å². The normalized spacial score (nSPS) is 10.9. The standard InChI is InChI=1S/C20H22ClN3O3/c1-5-6-14-19(24-8-7-12(2)9-18(24)22-14)20(25)23-15-11-16(26-3)13(21)10-17(15)27-4/h7-11H,5-6H2,1-4H3,(H,23,25). The maximum Gasteiger partial charge on any atom is 0.274 e. The van der Waals surface area contributed by atoms with Crippen LogP contribution in [0.15, 0.2) is 30.5 Å². The molecule has 2 aromatic heterocycles. The Morgan fingerprint density at radius 3 is 2.63 bits per heavy atom. The SMILES string of the molecule is CCCc1nc2cc(C)ccn2c1C(=O)Nc1cc(OC)c(Cl)cc1OC. The molecule has 0 bridgehead atoms. The Morgan fingerprint density at radius 2 is 1.96 bits per heavy atom. The Kier molecular flexibility index (Phi) is 5.56. The molecule has 142 valence electrons. The van der Waals surface area contributed by atoms with Crippen LogP contribution < -0.4 is 14.8 Å². The van der Waals surface area contributed by atoms with Crippen molar-refractivity contribution in [2.75, 3.05) is 19.5 Å². The van der Waals surface area contributed by atoms with E-state index in [9.17, 15) is 4.79 Å². The summed E-state index contributed by atoms with van der Waals surface area (Å²) in [6.45, 7) is 4.06. The third-order valence-electron chi connectivity index (χ3n) is 4.28. The highest BCUT2D eigenvalue weighted by molar-refractivity contribution is 6.32. The number of nitrogens with zero attached hydrogens (tertiary/aromatic N) is 2. The fourth-order valence-corrected chi connectivity index (χ4v) is 3.22. The summed E-state index contributed by atoms with van der Waals surface area (Å²) in [6, 6.07) is 7.17. The van der Waals surface area contributed by atoms with Crippen LogP contribution in [0.1, 0.15) is 35.1 Å². The van der Waals surface area contributed by atoms with E-state index in [1.807, 2.05) is 29.7 Å². The largest absolute Gasteiger partial charge is 0.495 e. The fourth-order valence-electron chi connectivity index (χ4n) is 2.99. The molecule has 0 saturated heterocycles. The number of aryl methyl sites for hydroxylation is 2. The predicted molar refractivity (Wildman–Crippen MR) is 106 cm³/mol. The number of carbonyl (C=O) groups excluding carboxylic acids is 1. The van der Waals surface area contributed by atoms with Crippen molar-refractivity contribution in [2.24, 2.45) is 0 Å². The number of fused-ring (bicyclic) bond motifs is 1. The number of amides is 1. The molecule has 3 rings (SSSR count). The van der Waals surface area contributed by atoms with Crippen molar-refractivity contribution in [1.29, 1.82) is 0 Å². The third-order valence-corrected chi connectivity index (χ3v) is 4.57. The number of halogens is 1. The Balaban J connectivity index is 2.05. The van der Waals surface area contributed by atoms with Crippen molar-refractivity contribution >= 4 is 28.8 Å². The first-order valence-corrected chi connectivity index (χ1v) is 9.06. The van der Waals surface area contributed by atoms with Crippen LogP contribution in [-0.4, -0.2) is 29.5 Å². The maximum atomic E-state index is 13.1. The van der Waals surface area contributed by atoms with Crippen LogP contribution >= 0.6 is 11.6 Å². The molecule has 0 saturated carbocycles. The summed E-state index contributed by atoms with van der Waals surface area (Å²) in [6.07, 6.45) is 3.47. The summed E-state index contributed by atoms with van der Waals surface area (Å²) in [7, 11) is 3.04. The van der Waals surface area contributed by atoms with E-state index in [1.165, 1.54) is 14.2 Å². The molecule has 2 heterocycles. The summed E-state index contributed by atoms with van der Waals surface area (Å²) in [5, 5.41) is 3.31. The van der Waals surface area contributed by atoms with Gasteiger partial charge in [-0.3, -0.25) is 9.20 Å². The van der Waals surface area contributed by atoms with Crippen LogP contribution in [0.5, 0.6) is 11.5 Å². The number of ether oxygens (including phenoxy) is 2. The van der Waals surface area contributed by atoms with Crippen molar-refractivity contribution in [2.45, 2.75) is 26.7 Å². The molecule has 0 fully saturated rings. The van der Waals surface area contributed by atoms with Gasteiger partial charge in [-0.1, -0.05) is 24.9 Å². The second kappa shape index (κ2) is 7.88. The quantitative estimate of drug-likeness (QED) is 0.675. The van der Waals surface area contributed by atoms with Crippen molar-refractivity contribution in [3.63, 3.8) is 0 Å². The number of methoxy groups -OCH3 is 2. The lowest BCUT2D eigenvalue weighted by molar-refractivity contribution is 0.102. The molecule has 1 N–H and O–H groups in total. The fraction of sp³-hybridized carbons (Fsp3) is 0.300. The Hall–Kier alpha value is -2.73. The summed E-state index contributed by atoms with van der Waals surface area (Å²) in [5.74, 6) is 0.642. The van der Waals surface area contributed by atoms with E-state index in [0.29, 0.717) is 34.3 Å². The molecule has 1 aromatic carbocycles. The van der Waals surface area contributed by atoms with Gasteiger partial charge in [0, 0.05) is 18.3 Å². The van der Waals surface area contributed by atoms with Crippen LogP contribution in [0.2, 0.25) is 5.02 Å². The molecule has 0 unspecified atom stereocenters. The van der Waals surface area contributed by atoms with E-state index in [1.54, 1.807) is 12.1 Å². The second-order valence-electron chi connectivity index (χ2n) is 6.23. The molecule has 6 nitrogen and oxygen atoms in total. The number of aromatic nitrogens is 2. The number of rotatable bonds is 6. The molecule has 0 spiro atoms. The van der Waals surface area contributed by atoms with Crippen LogP contribution in [0.25, 0.3) is 5.65 Å². The molecule has 0 aliphatic carbocycles. The zero-order chi connectivity index (χ0) is 19.6. The van der Waals surface area contributed by atoms with Gasteiger partial charge >= 0.3 is 0 Å². The zero-order valence-electron chi connectivity index (χ0n) is 15.8. The second-order valence-corrected chi connectivity index (χ2v) is 6.64. The van der Waals surface area contributed by atoms with Gasteiger partial charge in [0.25, 0.3) is 5.91 Å². The lowest BCUT2D eigenvalue weighted by Crippen LogP contribution is -2.17. The van der Waals surface area contributed by atoms with Crippen molar-refractivity contribution < 1.29 is 14.3 Å². The highest BCUT2D eigenvalue weighted by Crippen LogP contribution is 2.36. The van der Waals surface area contributed by atoms with Crippen LogP contribution in [0.3, 0.4) is 0 Å². The first-order chi connectivity index (χ1) is 13.0. The molecular formula is C20H22ClN3O3. The smallest absolute Gasteiger partial charge is 0.274 e. The summed E-state index contributed by atoms with van der Waals surface area (Å²) >= 11 is 6.14. The molecule has 7 heteroatoms. The average Bonchev–Trinajstić information content (AvgIpc) is 3.00. The monoisotopic (exact) mass is 387 g/mol. The molecule has 0 aliphatic heterocycles. The van der Waals surface area contributed by atoms with Gasteiger partial charge in [-0.15, -0.1) is 0 Å². The van der Waals surface area contributed by atoms with E-state index in [0.717, 1.165) is 23.3 Å². The minimum atomic E-state index is -0.266. The number of pyridine rings is 1. The summed E-state index contributed by atoms with van der Waals surface area (Å²) in [5.41, 5.74) is 3.60.